The van der Waals surface area contributed by atoms with Gasteiger partial charge in [0.25, 0.3) is 0 Å². The first kappa shape index (κ1) is 17.8. The number of thiophene rings is 2. The van der Waals surface area contributed by atoms with Crippen LogP contribution in [0.3, 0.4) is 0 Å². The maximum atomic E-state index is 11.2. The highest BCUT2D eigenvalue weighted by molar-refractivity contribution is 7.32. The van der Waals surface area contributed by atoms with Crippen molar-refractivity contribution in [3.63, 3.8) is 0 Å². The first-order chi connectivity index (χ1) is 11.3. The van der Waals surface area contributed by atoms with Crippen LogP contribution in [0.15, 0.2) is 24.3 Å². The molecule has 0 spiro atoms. The fourth-order valence-corrected chi connectivity index (χ4v) is 15.8. The minimum Gasteiger partial charge on any atom is -0.297 e. The van der Waals surface area contributed by atoms with Crippen LogP contribution in [0.1, 0.15) is 51.2 Å². The first-order valence-electron chi connectivity index (χ1n) is 8.74. The van der Waals surface area contributed by atoms with Gasteiger partial charge in [-0.15, -0.1) is 22.7 Å². The van der Waals surface area contributed by atoms with Gasteiger partial charge in [0.05, 0.1) is 4.88 Å². The van der Waals surface area contributed by atoms with Crippen LogP contribution in [0.5, 0.6) is 0 Å². The van der Waals surface area contributed by atoms with Gasteiger partial charge in [-0.3, -0.25) is 4.79 Å². The number of fused-ring (bicyclic) bond motifs is 3. The lowest BCUT2D eigenvalue weighted by Gasteiger charge is -2.42. The Labute approximate surface area is 153 Å². The molecule has 0 aliphatic carbocycles. The number of benzene rings is 1. The van der Waals surface area contributed by atoms with Gasteiger partial charge >= 0.3 is 0 Å². The molecule has 3 aromatic rings. The zero-order valence-corrected chi connectivity index (χ0v) is 18.0. The molecule has 0 N–H and O–H groups in total. The van der Waals surface area contributed by atoms with Gasteiger partial charge in [-0.1, -0.05) is 41.5 Å². The molecule has 2 aromatic heterocycles. The van der Waals surface area contributed by atoms with Gasteiger partial charge in [0, 0.05) is 20.2 Å². The largest absolute Gasteiger partial charge is 0.297 e. The fraction of sp³-hybridized carbons (Fsp3) is 0.450. The van der Waals surface area contributed by atoms with Gasteiger partial charge in [-0.25, -0.2) is 0 Å². The molecule has 0 bridgehead atoms. The van der Waals surface area contributed by atoms with Crippen molar-refractivity contribution in [3.8, 4) is 0 Å². The van der Waals surface area contributed by atoms with Crippen molar-refractivity contribution in [1.82, 2.24) is 0 Å². The zero-order valence-electron chi connectivity index (χ0n) is 15.3. The molecule has 0 atom stereocenters. The Morgan fingerprint density at radius 2 is 1.33 bits per heavy atom. The van der Waals surface area contributed by atoms with Crippen LogP contribution < -0.4 is 4.50 Å². The van der Waals surface area contributed by atoms with Crippen LogP contribution in [0.25, 0.3) is 20.2 Å². The summed E-state index contributed by atoms with van der Waals surface area (Å²) in [4.78, 5) is 12.0. The minimum atomic E-state index is -1.62. The first-order valence-corrected chi connectivity index (χ1v) is 12.6. The Morgan fingerprint density at radius 3 is 1.83 bits per heavy atom. The third-order valence-corrected chi connectivity index (χ3v) is 15.7. The smallest absolute Gasteiger partial charge is 0.160 e. The van der Waals surface area contributed by atoms with Crippen molar-refractivity contribution >= 4 is 61.7 Å². The van der Waals surface area contributed by atoms with Crippen molar-refractivity contribution in [2.24, 2.45) is 0 Å². The molecule has 0 radical (unpaired) electrons. The lowest BCUT2D eigenvalue weighted by molar-refractivity contribution is 0.112. The van der Waals surface area contributed by atoms with Crippen molar-refractivity contribution < 1.29 is 4.79 Å². The Bertz CT molecular complexity index is 864. The summed E-state index contributed by atoms with van der Waals surface area (Å²) >= 11 is 3.59. The molecule has 1 aromatic carbocycles. The molecule has 0 amide bonds. The maximum absolute atomic E-state index is 11.2. The predicted octanol–water partition coefficient (Wildman–Crippen LogP) is 6.81. The molecule has 4 heteroatoms. The van der Waals surface area contributed by atoms with Crippen LogP contribution >= 0.6 is 22.7 Å². The van der Waals surface area contributed by atoms with E-state index in [1.807, 2.05) is 11.3 Å². The van der Waals surface area contributed by atoms with Crippen LogP contribution in [0.4, 0.5) is 0 Å². The van der Waals surface area contributed by atoms with E-state index < -0.39 is 8.07 Å². The quantitative estimate of drug-likeness (QED) is 0.354. The van der Waals surface area contributed by atoms with Crippen LogP contribution in [-0.2, 0) is 0 Å². The molecule has 2 heterocycles. The summed E-state index contributed by atoms with van der Waals surface area (Å²) in [7, 11) is -1.62. The maximum Gasteiger partial charge on any atom is 0.160 e. The second-order valence-corrected chi connectivity index (χ2v) is 16.1. The van der Waals surface area contributed by atoms with Gasteiger partial charge in [-0.05, 0) is 45.4 Å². The van der Waals surface area contributed by atoms with Gasteiger partial charge in [0.15, 0.2) is 6.29 Å². The van der Waals surface area contributed by atoms with Crippen molar-refractivity contribution in [3.05, 3.63) is 29.1 Å². The third-order valence-electron chi connectivity index (χ3n) is 5.63. The van der Waals surface area contributed by atoms with E-state index >= 15 is 0 Å². The average molecular weight is 375 g/mol. The standard InChI is InChI=1S/C20H26OS2Si/c1-12(2)24(13(3)4,14(5)6)20-10-17-16-9-15(11-21)22-18(16)7-8-19(17)23-20/h7-14H,1-6H3. The number of rotatable bonds is 5. The van der Waals surface area contributed by atoms with Crippen LogP contribution in [-0.4, -0.2) is 14.4 Å². The second-order valence-electron chi connectivity index (χ2n) is 7.66. The lowest BCUT2D eigenvalue weighted by atomic mass is 10.2. The van der Waals surface area contributed by atoms with Gasteiger partial charge in [-0.2, -0.15) is 0 Å². The highest BCUT2D eigenvalue weighted by atomic mass is 32.1. The topological polar surface area (TPSA) is 17.1 Å². The Morgan fingerprint density at radius 1 is 0.833 bits per heavy atom. The van der Waals surface area contributed by atoms with Crippen molar-refractivity contribution in [2.75, 3.05) is 0 Å². The summed E-state index contributed by atoms with van der Waals surface area (Å²) < 4.78 is 4.22. The average Bonchev–Trinajstić information content (AvgIpc) is 3.08. The predicted molar refractivity (Wildman–Crippen MR) is 113 cm³/mol. The molecule has 128 valence electrons. The molecule has 0 aliphatic heterocycles. The summed E-state index contributed by atoms with van der Waals surface area (Å²) in [5.74, 6) is 0. The summed E-state index contributed by atoms with van der Waals surface area (Å²) in [5, 5.41) is 2.59. The van der Waals surface area contributed by atoms with E-state index in [-0.39, 0.29) is 0 Å². The Kier molecular flexibility index (Phi) is 4.75. The number of carbonyl (C=O) groups excluding carboxylic acids is 1. The summed E-state index contributed by atoms with van der Waals surface area (Å²) in [6, 6.07) is 8.96. The Hall–Kier alpha value is -0.973. The molecular weight excluding hydrogens is 348 g/mol. The Balaban J connectivity index is 2.31. The van der Waals surface area contributed by atoms with Gasteiger partial charge in [0.1, 0.15) is 8.07 Å². The monoisotopic (exact) mass is 374 g/mol. The summed E-state index contributed by atoms with van der Waals surface area (Å²) in [6.07, 6.45) is 0.971. The molecule has 0 saturated carbocycles. The highest BCUT2D eigenvalue weighted by Gasteiger charge is 2.45. The lowest BCUT2D eigenvalue weighted by Crippen LogP contribution is -2.54. The van der Waals surface area contributed by atoms with Crippen molar-refractivity contribution in [1.29, 1.82) is 0 Å². The van der Waals surface area contributed by atoms with Crippen molar-refractivity contribution in [2.45, 2.75) is 58.2 Å². The third kappa shape index (κ3) is 2.50. The van der Waals surface area contributed by atoms with E-state index in [0.29, 0.717) is 16.6 Å². The number of aldehydes is 1. The number of carbonyl (C=O) groups is 1. The van der Waals surface area contributed by atoms with E-state index in [1.165, 1.54) is 20.2 Å². The molecule has 0 fully saturated rings. The molecular formula is C20H26OS2Si. The highest BCUT2D eigenvalue weighted by Crippen LogP contribution is 2.44. The van der Waals surface area contributed by atoms with E-state index in [0.717, 1.165) is 11.2 Å². The number of hydrogen-bond donors (Lipinski definition) is 0. The molecule has 0 saturated heterocycles. The zero-order chi connectivity index (χ0) is 17.6. The number of hydrogen-bond acceptors (Lipinski definition) is 3. The molecule has 3 rings (SSSR count). The second kappa shape index (κ2) is 6.39. The van der Waals surface area contributed by atoms with Gasteiger partial charge in [0.2, 0.25) is 0 Å². The van der Waals surface area contributed by atoms with Crippen LogP contribution in [0.2, 0.25) is 16.6 Å². The van der Waals surface area contributed by atoms with E-state index in [1.54, 1.807) is 15.8 Å². The summed E-state index contributed by atoms with van der Waals surface area (Å²) in [5.41, 5.74) is 2.15. The molecule has 0 aliphatic rings. The normalized spacial score (nSPS) is 13.0. The van der Waals surface area contributed by atoms with E-state index in [9.17, 15) is 4.79 Å². The van der Waals surface area contributed by atoms with E-state index in [4.69, 9.17) is 0 Å². The fourth-order valence-electron chi connectivity index (χ4n) is 4.77. The molecule has 0 unspecified atom stereocenters. The van der Waals surface area contributed by atoms with E-state index in [2.05, 4.69) is 65.8 Å². The minimum absolute atomic E-state index is 0.717. The SMILES string of the molecule is CC(C)[Si](c1cc2c(ccc3sc(C=O)cc32)s1)(C(C)C)C(C)C. The summed E-state index contributed by atoms with van der Waals surface area (Å²) in [6.45, 7) is 14.5. The van der Waals surface area contributed by atoms with Gasteiger partial charge < -0.3 is 0 Å². The van der Waals surface area contributed by atoms with Crippen LogP contribution in [0, 0.1) is 0 Å². The molecule has 24 heavy (non-hydrogen) atoms. The molecule has 1 nitrogen and oxygen atoms in total.